The lowest BCUT2D eigenvalue weighted by Gasteiger charge is -2.10. The highest BCUT2D eigenvalue weighted by atomic mass is 16.5. The van der Waals surface area contributed by atoms with Crippen LogP contribution in [0.4, 0.5) is 11.5 Å². The number of ether oxygens (including phenoxy) is 1. The molecule has 0 bridgehead atoms. The molecule has 0 unspecified atom stereocenters. The van der Waals surface area contributed by atoms with Gasteiger partial charge in [-0.3, -0.25) is 0 Å². The van der Waals surface area contributed by atoms with Gasteiger partial charge in [-0.2, -0.15) is 0 Å². The second kappa shape index (κ2) is 9.52. The monoisotopic (exact) mass is 462 g/mol. The Kier molecular flexibility index (Phi) is 5.96. The van der Waals surface area contributed by atoms with E-state index >= 15 is 0 Å². The summed E-state index contributed by atoms with van der Waals surface area (Å²) in [5, 5.41) is 14.8. The van der Waals surface area contributed by atoms with Crippen molar-refractivity contribution in [1.82, 2.24) is 9.97 Å². The Morgan fingerprint density at radius 1 is 0.971 bits per heavy atom. The zero-order valence-corrected chi connectivity index (χ0v) is 18.8. The van der Waals surface area contributed by atoms with Gasteiger partial charge in [0.1, 0.15) is 23.7 Å². The first-order valence-corrected chi connectivity index (χ1v) is 10.9. The van der Waals surface area contributed by atoms with Crippen molar-refractivity contribution in [2.24, 2.45) is 0 Å². The van der Waals surface area contributed by atoms with E-state index in [1.54, 1.807) is 13.2 Å². The van der Waals surface area contributed by atoms with Crippen molar-refractivity contribution >= 4 is 34.7 Å². The number of fused-ring (bicyclic) bond motifs is 1. The first-order valence-electron chi connectivity index (χ1n) is 10.9. The number of aliphatic carboxylic acids is 1. The van der Waals surface area contributed by atoms with Crippen LogP contribution in [0.1, 0.15) is 5.56 Å². The molecule has 0 aliphatic rings. The predicted octanol–water partition coefficient (Wildman–Crippen LogP) is 5.07. The fraction of sp³-hybridized carbons (Fsp3) is 0.0357. The predicted molar refractivity (Wildman–Crippen MR) is 133 cm³/mol. The highest BCUT2D eigenvalue weighted by molar-refractivity contribution is 6.06. The number of carbonyl (C=O) groups excluding carboxylic acids is 1. The summed E-state index contributed by atoms with van der Waals surface area (Å²) in [5.74, 6) is 0.739. The Bertz CT molecular complexity index is 1520. The Morgan fingerprint density at radius 3 is 2.51 bits per heavy atom. The van der Waals surface area contributed by atoms with E-state index in [-0.39, 0.29) is 0 Å². The molecule has 0 radical (unpaired) electrons. The summed E-state index contributed by atoms with van der Waals surface area (Å²) in [6, 6.07) is 24.9. The molecule has 7 nitrogen and oxygen atoms in total. The summed E-state index contributed by atoms with van der Waals surface area (Å²) in [5.41, 5.74) is 4.57. The summed E-state index contributed by atoms with van der Waals surface area (Å²) in [6.45, 7) is 0. The van der Waals surface area contributed by atoms with Crippen LogP contribution >= 0.6 is 0 Å². The Balaban J connectivity index is 1.67. The van der Waals surface area contributed by atoms with E-state index in [1.807, 2.05) is 72.8 Å². The van der Waals surface area contributed by atoms with E-state index in [9.17, 15) is 9.90 Å². The van der Waals surface area contributed by atoms with E-state index in [2.05, 4.69) is 15.3 Å². The van der Waals surface area contributed by atoms with Gasteiger partial charge in [0.2, 0.25) is 5.71 Å². The number of nitrogens with zero attached hydrogens (tertiary/aromatic N) is 2. The van der Waals surface area contributed by atoms with Gasteiger partial charge < -0.3 is 24.4 Å². The van der Waals surface area contributed by atoms with Crippen LogP contribution in [-0.2, 0) is 4.79 Å². The number of nitrogens with one attached hydrogen (secondary N) is 1. The second-order valence-corrected chi connectivity index (χ2v) is 7.71. The molecule has 3 aromatic carbocycles. The van der Waals surface area contributed by atoms with Crippen molar-refractivity contribution in [3.8, 4) is 28.2 Å². The fourth-order valence-corrected chi connectivity index (χ4v) is 3.88. The van der Waals surface area contributed by atoms with Crippen molar-refractivity contribution in [3.05, 3.63) is 96.8 Å². The van der Waals surface area contributed by atoms with Crippen molar-refractivity contribution in [2.75, 3.05) is 12.4 Å². The van der Waals surface area contributed by atoms with E-state index in [4.69, 9.17) is 9.15 Å². The average molecular weight is 462 g/mol. The number of hydrogen-bond donors (Lipinski definition) is 1. The molecule has 2 heterocycles. The minimum atomic E-state index is -1.25. The maximum absolute atomic E-state index is 10.8. The molecular weight excluding hydrogens is 442 g/mol. The van der Waals surface area contributed by atoms with E-state index in [0.717, 1.165) is 39.6 Å². The molecule has 2 aromatic heterocycles. The summed E-state index contributed by atoms with van der Waals surface area (Å²) < 4.78 is 11.6. The first kappa shape index (κ1) is 21.9. The van der Waals surface area contributed by atoms with Crippen LogP contribution in [-0.4, -0.2) is 23.0 Å². The van der Waals surface area contributed by atoms with Gasteiger partial charge in [-0.1, -0.05) is 60.7 Å². The number of furan rings is 1. The summed E-state index contributed by atoms with van der Waals surface area (Å²) in [7, 11) is 1.63. The quantitative estimate of drug-likeness (QED) is 0.337. The highest BCUT2D eigenvalue weighted by Gasteiger charge is 2.22. The molecule has 0 spiro atoms. The Morgan fingerprint density at radius 2 is 1.77 bits per heavy atom. The normalized spacial score (nSPS) is 11.1. The molecule has 0 aliphatic carbocycles. The average Bonchev–Trinajstić information content (AvgIpc) is 3.29. The van der Waals surface area contributed by atoms with Gasteiger partial charge in [0.15, 0.2) is 0 Å². The van der Waals surface area contributed by atoms with Crippen molar-refractivity contribution in [2.45, 2.75) is 0 Å². The molecule has 35 heavy (non-hydrogen) atoms. The molecule has 0 aliphatic heterocycles. The number of benzene rings is 3. The van der Waals surface area contributed by atoms with Gasteiger partial charge >= 0.3 is 0 Å². The molecule has 0 saturated heterocycles. The number of carboxylic acid groups (broad SMARTS) is 1. The van der Waals surface area contributed by atoms with Crippen LogP contribution in [0.25, 0.3) is 39.6 Å². The molecule has 1 N–H and O–H groups in total. The SMILES string of the molecule is COc1ccc(-c2c(-c3ccccc3)oc3ncnc(Nc4cccc(/C=C/C(=O)[O-])c4)c23)cc1. The number of carboxylic acids is 1. The van der Waals surface area contributed by atoms with Crippen LogP contribution in [0.15, 0.2) is 95.7 Å². The molecular formula is C28H20N3O4-. The van der Waals surface area contributed by atoms with Gasteiger partial charge in [-0.25, -0.2) is 9.97 Å². The number of methoxy groups -OCH3 is 1. The van der Waals surface area contributed by atoms with Crippen molar-refractivity contribution in [1.29, 1.82) is 0 Å². The largest absolute Gasteiger partial charge is 0.545 e. The standard InChI is InChI=1S/C28H21N3O4/c1-34-22-13-11-19(12-14-22)24-25-27(31-21-9-5-6-18(16-21)10-15-23(32)33)29-17-30-28(25)35-26(24)20-7-3-2-4-8-20/h2-17H,1H3,(H,32,33)(H,29,30,31)/p-1/b15-10+. The van der Waals surface area contributed by atoms with Crippen molar-refractivity contribution in [3.63, 3.8) is 0 Å². The third-order valence-corrected chi connectivity index (χ3v) is 5.46. The molecule has 0 saturated carbocycles. The molecule has 5 aromatic rings. The lowest BCUT2D eigenvalue weighted by molar-refractivity contribution is -0.297. The Labute approximate surface area is 201 Å². The zero-order chi connectivity index (χ0) is 24.2. The fourth-order valence-electron chi connectivity index (χ4n) is 3.88. The van der Waals surface area contributed by atoms with Gasteiger partial charge in [-0.05, 0) is 41.5 Å². The van der Waals surface area contributed by atoms with Crippen LogP contribution in [0.2, 0.25) is 0 Å². The first-order chi connectivity index (χ1) is 17.1. The van der Waals surface area contributed by atoms with Crippen LogP contribution in [0.5, 0.6) is 5.75 Å². The molecule has 0 atom stereocenters. The number of carbonyl (C=O) groups is 1. The Hall–Kier alpha value is -4.91. The molecule has 7 heteroatoms. The van der Waals surface area contributed by atoms with E-state index in [1.165, 1.54) is 12.4 Å². The summed E-state index contributed by atoms with van der Waals surface area (Å²) >= 11 is 0. The minimum Gasteiger partial charge on any atom is -0.545 e. The second-order valence-electron chi connectivity index (χ2n) is 7.71. The van der Waals surface area contributed by atoms with Crippen LogP contribution < -0.4 is 15.2 Å². The van der Waals surface area contributed by atoms with E-state index < -0.39 is 5.97 Å². The number of hydrogen-bond acceptors (Lipinski definition) is 7. The minimum absolute atomic E-state index is 0.445. The number of anilines is 2. The van der Waals surface area contributed by atoms with Crippen LogP contribution in [0, 0.1) is 0 Å². The van der Waals surface area contributed by atoms with Gasteiger partial charge in [0, 0.05) is 16.8 Å². The zero-order valence-electron chi connectivity index (χ0n) is 18.8. The summed E-state index contributed by atoms with van der Waals surface area (Å²) in [4.78, 5) is 19.7. The maximum Gasteiger partial charge on any atom is 0.232 e. The smallest absolute Gasteiger partial charge is 0.232 e. The molecule has 5 rings (SSSR count). The molecule has 0 fully saturated rings. The lowest BCUT2D eigenvalue weighted by atomic mass is 9.99. The number of aromatic nitrogens is 2. The van der Waals surface area contributed by atoms with Gasteiger partial charge in [-0.15, -0.1) is 0 Å². The maximum atomic E-state index is 10.8. The topological polar surface area (TPSA) is 100 Å². The third kappa shape index (κ3) is 4.60. The third-order valence-electron chi connectivity index (χ3n) is 5.46. The highest BCUT2D eigenvalue weighted by Crippen LogP contribution is 2.43. The molecule has 0 amide bonds. The van der Waals surface area contributed by atoms with Gasteiger partial charge in [0.25, 0.3) is 0 Å². The number of rotatable bonds is 7. The lowest BCUT2D eigenvalue weighted by Crippen LogP contribution is -2.18. The molecule has 172 valence electrons. The van der Waals surface area contributed by atoms with Crippen molar-refractivity contribution < 1.29 is 19.1 Å². The van der Waals surface area contributed by atoms with Gasteiger partial charge in [0.05, 0.1) is 18.5 Å². The van der Waals surface area contributed by atoms with Crippen LogP contribution in [0.3, 0.4) is 0 Å². The summed E-state index contributed by atoms with van der Waals surface area (Å²) in [6.07, 6.45) is 3.91. The van der Waals surface area contributed by atoms with E-state index in [0.29, 0.717) is 22.9 Å².